The lowest BCUT2D eigenvalue weighted by atomic mass is 9.96. The van der Waals surface area contributed by atoms with Gasteiger partial charge in [-0.1, -0.05) is 115 Å². The van der Waals surface area contributed by atoms with E-state index in [4.69, 9.17) is 29.7 Å². The van der Waals surface area contributed by atoms with Crippen LogP contribution >= 0.6 is 0 Å². The lowest BCUT2D eigenvalue weighted by Crippen LogP contribution is -2.30. The molecule has 0 saturated heterocycles. The Morgan fingerprint density at radius 3 is 1.84 bits per heavy atom. The van der Waals surface area contributed by atoms with Crippen molar-refractivity contribution in [3.63, 3.8) is 0 Å². The van der Waals surface area contributed by atoms with E-state index in [9.17, 15) is 0 Å². The van der Waals surface area contributed by atoms with E-state index in [2.05, 4.69) is 162 Å². The maximum Gasteiger partial charge on any atom is 0.198 e. The average Bonchev–Trinajstić information content (AvgIpc) is 3.91. The zero-order chi connectivity index (χ0) is 42.1. The van der Waals surface area contributed by atoms with Crippen LogP contribution in [0.2, 0.25) is 0 Å². The number of ether oxygens (including phenoxy) is 1. The van der Waals surface area contributed by atoms with Gasteiger partial charge in [0.1, 0.15) is 5.69 Å². The summed E-state index contributed by atoms with van der Waals surface area (Å²) in [5.74, 6) is 3.14. The average molecular weight is 824 g/mol. The maximum absolute atomic E-state index is 6.27. The highest BCUT2D eigenvalue weighted by Gasteiger charge is 2.33. The molecule has 3 aromatic heterocycles. The van der Waals surface area contributed by atoms with E-state index in [1.165, 1.54) is 43.4 Å². The number of nitrogens with one attached hydrogen (secondary N) is 1. The highest BCUT2D eigenvalue weighted by molar-refractivity contribution is 6.09. The topological polar surface area (TPSA) is 90.6 Å². The number of hydrogen-bond acceptors (Lipinski definition) is 7. The number of benzene rings is 7. The lowest BCUT2D eigenvalue weighted by Gasteiger charge is -2.19. The molecule has 0 fully saturated rings. The van der Waals surface area contributed by atoms with Crippen LogP contribution in [0, 0.1) is 0 Å². The minimum atomic E-state index is -0.332. The Morgan fingerprint density at radius 2 is 1.14 bits per heavy atom. The summed E-state index contributed by atoms with van der Waals surface area (Å²) in [6.07, 6.45) is 14.1. The fourth-order valence-corrected chi connectivity index (χ4v) is 9.32. The molecule has 7 aromatic carbocycles. The molecule has 302 valence electrons. The van der Waals surface area contributed by atoms with E-state index in [0.717, 1.165) is 63.2 Å². The van der Waals surface area contributed by atoms with Gasteiger partial charge in [0.2, 0.25) is 0 Å². The van der Waals surface area contributed by atoms with Crippen molar-refractivity contribution in [2.75, 3.05) is 0 Å². The maximum atomic E-state index is 6.27. The molecule has 1 N–H and O–H groups in total. The Balaban J connectivity index is 0.816. The minimum absolute atomic E-state index is 0.332. The third-order valence-corrected chi connectivity index (χ3v) is 12.5. The largest absolute Gasteiger partial charge is 0.463 e. The molecule has 3 aliphatic rings. The third kappa shape index (κ3) is 6.10. The van der Waals surface area contributed by atoms with Crippen molar-refractivity contribution >= 4 is 60.1 Å². The van der Waals surface area contributed by atoms with Crippen LogP contribution in [-0.4, -0.2) is 35.7 Å². The molecule has 13 rings (SSSR count). The van der Waals surface area contributed by atoms with Gasteiger partial charge in [-0.2, -0.15) is 0 Å². The second-order valence-corrected chi connectivity index (χ2v) is 16.5. The first-order valence-electron chi connectivity index (χ1n) is 21.6. The van der Waals surface area contributed by atoms with E-state index >= 15 is 0 Å². The first-order valence-corrected chi connectivity index (χ1v) is 21.6. The van der Waals surface area contributed by atoms with Crippen molar-refractivity contribution in [3.05, 3.63) is 205 Å². The standard InChI is InChI=1S/C56H37N7O/c1-2-10-34(11-3-1)53-60-54(62-55(61-53)37-24-26-44(27-25-37)63-48-16-8-6-14-45(48)46-15-7-9-17-49(46)63)36-20-18-35(19-21-36)52-57-33-50-51(59-52)47-31-43(32-58-56(47)64-50)41-23-22-40-28-38-12-4-5-13-39(38)29-42(40)30-41/h2,4-33,56,58H,1,3H2. The molecule has 1 unspecified atom stereocenters. The summed E-state index contributed by atoms with van der Waals surface area (Å²) >= 11 is 0. The Kier molecular flexibility index (Phi) is 8.24. The van der Waals surface area contributed by atoms with Gasteiger partial charge in [0.05, 0.1) is 17.2 Å². The van der Waals surface area contributed by atoms with Crippen LogP contribution in [0.3, 0.4) is 0 Å². The van der Waals surface area contributed by atoms with Crippen LogP contribution in [-0.2, 0) is 0 Å². The van der Waals surface area contributed by atoms with Gasteiger partial charge in [0, 0.05) is 50.5 Å². The number of rotatable bonds is 6. The number of hydrogen-bond donors (Lipinski definition) is 1. The molecule has 1 atom stereocenters. The van der Waals surface area contributed by atoms with Gasteiger partial charge in [0.25, 0.3) is 0 Å². The van der Waals surface area contributed by atoms with E-state index in [1.54, 1.807) is 6.20 Å². The van der Waals surface area contributed by atoms with Gasteiger partial charge in [-0.15, -0.1) is 0 Å². The molecule has 64 heavy (non-hydrogen) atoms. The van der Waals surface area contributed by atoms with E-state index in [1.807, 2.05) is 30.5 Å². The Morgan fingerprint density at radius 1 is 0.531 bits per heavy atom. The van der Waals surface area contributed by atoms with Crippen molar-refractivity contribution in [2.45, 2.75) is 19.1 Å². The summed E-state index contributed by atoms with van der Waals surface area (Å²) in [6, 6.07) is 53.4. The van der Waals surface area contributed by atoms with Crippen LogP contribution in [0.15, 0.2) is 188 Å². The molecule has 5 heterocycles. The van der Waals surface area contributed by atoms with Crippen molar-refractivity contribution in [1.82, 2.24) is 34.8 Å². The van der Waals surface area contributed by atoms with Gasteiger partial charge < -0.3 is 14.6 Å². The number of para-hydroxylation sites is 2. The molecule has 0 bridgehead atoms. The van der Waals surface area contributed by atoms with Gasteiger partial charge in [-0.3, -0.25) is 0 Å². The molecule has 8 heteroatoms. The summed E-state index contributed by atoms with van der Waals surface area (Å²) in [5.41, 5.74) is 11.0. The first kappa shape index (κ1) is 36.2. The smallest absolute Gasteiger partial charge is 0.198 e. The molecule has 0 spiro atoms. The lowest BCUT2D eigenvalue weighted by molar-refractivity contribution is 0.253. The van der Waals surface area contributed by atoms with E-state index < -0.39 is 0 Å². The predicted octanol–water partition coefficient (Wildman–Crippen LogP) is 12.5. The number of dihydropyridines is 1. The van der Waals surface area contributed by atoms with Crippen LogP contribution < -0.4 is 10.1 Å². The fourth-order valence-electron chi connectivity index (χ4n) is 9.32. The summed E-state index contributed by atoms with van der Waals surface area (Å²) in [7, 11) is 0. The van der Waals surface area contributed by atoms with Crippen molar-refractivity contribution in [2.24, 2.45) is 0 Å². The molecular weight excluding hydrogens is 787 g/mol. The second kappa shape index (κ2) is 14.6. The second-order valence-electron chi connectivity index (χ2n) is 16.5. The molecule has 2 aliphatic heterocycles. The van der Waals surface area contributed by atoms with Gasteiger partial charge in [-0.05, 0) is 106 Å². The van der Waals surface area contributed by atoms with Crippen molar-refractivity contribution in [1.29, 1.82) is 0 Å². The number of allylic oxidation sites excluding steroid dienone is 6. The quantitative estimate of drug-likeness (QED) is 0.167. The zero-order valence-electron chi connectivity index (χ0n) is 34.5. The number of aromatic nitrogens is 6. The third-order valence-electron chi connectivity index (χ3n) is 12.5. The Bertz CT molecular complexity index is 3620. The van der Waals surface area contributed by atoms with Gasteiger partial charge in [0.15, 0.2) is 35.3 Å². The van der Waals surface area contributed by atoms with Gasteiger partial charge in [-0.25, -0.2) is 24.9 Å². The highest BCUT2D eigenvalue weighted by Crippen LogP contribution is 2.40. The Hall–Kier alpha value is -8.49. The summed E-state index contributed by atoms with van der Waals surface area (Å²) in [4.78, 5) is 24.9. The molecular formula is C56H37N7O. The van der Waals surface area contributed by atoms with Crippen LogP contribution in [0.5, 0.6) is 5.75 Å². The molecule has 0 radical (unpaired) electrons. The van der Waals surface area contributed by atoms with Gasteiger partial charge >= 0.3 is 0 Å². The van der Waals surface area contributed by atoms with Crippen molar-refractivity contribution in [3.8, 4) is 45.6 Å². The predicted molar refractivity (Wildman–Crippen MR) is 257 cm³/mol. The zero-order valence-corrected chi connectivity index (χ0v) is 34.5. The molecule has 0 amide bonds. The molecule has 0 saturated carbocycles. The van der Waals surface area contributed by atoms with Crippen LogP contribution in [0.25, 0.3) is 99.9 Å². The minimum Gasteiger partial charge on any atom is -0.463 e. The molecule has 10 aromatic rings. The SMILES string of the molecule is C1=CC(c2nc(-c3ccc(-c4ncc5c(n4)C4=CC(c6ccc7cc8ccccc8cc7c6)=CNC4O5)cc3)nc(-c3ccc(-n4c5ccccc5c5ccccc54)cc3)n2)=CCC1. The molecule has 1 aliphatic carbocycles. The number of fused-ring (bicyclic) bond motifs is 8. The van der Waals surface area contributed by atoms with E-state index in [-0.39, 0.29) is 6.23 Å². The fraction of sp³-hybridized carbons (Fsp3) is 0.0536. The normalized spacial score (nSPS) is 15.4. The van der Waals surface area contributed by atoms with Crippen molar-refractivity contribution < 1.29 is 4.74 Å². The van der Waals surface area contributed by atoms with E-state index in [0.29, 0.717) is 29.0 Å². The summed E-state index contributed by atoms with van der Waals surface area (Å²) < 4.78 is 8.59. The van der Waals surface area contributed by atoms with Crippen LogP contribution in [0.4, 0.5) is 0 Å². The highest BCUT2D eigenvalue weighted by atomic mass is 16.5. The molecule has 8 nitrogen and oxygen atoms in total. The first-order chi connectivity index (χ1) is 31.7. The summed E-state index contributed by atoms with van der Waals surface area (Å²) in [5, 5.41) is 10.8. The summed E-state index contributed by atoms with van der Waals surface area (Å²) in [6.45, 7) is 0. The monoisotopic (exact) mass is 823 g/mol. The Labute approximate surface area is 368 Å². The van der Waals surface area contributed by atoms with Crippen LogP contribution in [0.1, 0.15) is 29.9 Å². The number of nitrogens with zero attached hydrogens (tertiary/aromatic N) is 6.